The molecule has 1 fully saturated rings. The van der Waals surface area contributed by atoms with Gasteiger partial charge in [-0.1, -0.05) is 48.5 Å². The van der Waals surface area contributed by atoms with E-state index in [9.17, 15) is 43.8 Å². The Balaban J connectivity index is 1.55. The van der Waals surface area contributed by atoms with Crippen LogP contribution in [0.2, 0.25) is 0 Å². The van der Waals surface area contributed by atoms with Crippen LogP contribution in [-0.4, -0.2) is 107 Å². The first-order valence-electron chi connectivity index (χ1n) is 18.8. The SMILES string of the molecule is CC(CO)(COC(=O)OCC(C)(COOC(=O)OCC(C)(CO)C(=O)OCc1ccc(CSC(N)=[NH2+])cc1)C(=O)ON1C(=O)CCC1=O)C(=O)OCc1ccc(CSC(N)=[NH2+])cc1. The summed E-state index contributed by atoms with van der Waals surface area (Å²) in [7, 11) is 0. The van der Waals surface area contributed by atoms with E-state index >= 15 is 0 Å². The van der Waals surface area contributed by atoms with Crippen LogP contribution in [0.25, 0.3) is 0 Å². The normalized spacial score (nSPS) is 15.2. The predicted octanol–water partition coefficient (Wildman–Crippen LogP) is -1.06. The molecule has 1 heterocycles. The van der Waals surface area contributed by atoms with E-state index in [1.165, 1.54) is 37.4 Å². The summed E-state index contributed by atoms with van der Waals surface area (Å²) in [6, 6.07) is 14.0. The maximum absolute atomic E-state index is 13.3. The van der Waals surface area contributed by atoms with Crippen molar-refractivity contribution >= 4 is 75.9 Å². The zero-order valence-corrected chi connectivity index (χ0v) is 36.3. The molecular weight excluding hydrogens is 875 g/mol. The van der Waals surface area contributed by atoms with Gasteiger partial charge in [-0.2, -0.15) is 4.89 Å². The van der Waals surface area contributed by atoms with Crippen molar-refractivity contribution in [2.45, 2.75) is 58.3 Å². The molecule has 3 unspecified atom stereocenters. The summed E-state index contributed by atoms with van der Waals surface area (Å²) in [6.45, 7) is -1.73. The number of rotatable bonds is 23. The molecule has 1 aliphatic rings. The lowest BCUT2D eigenvalue weighted by atomic mass is 9.93. The van der Waals surface area contributed by atoms with E-state index < -0.39 is 97.9 Å². The van der Waals surface area contributed by atoms with Crippen LogP contribution in [0.5, 0.6) is 0 Å². The van der Waals surface area contributed by atoms with Gasteiger partial charge in [0.25, 0.3) is 22.1 Å². The second-order valence-corrected chi connectivity index (χ2v) is 16.9. The van der Waals surface area contributed by atoms with Gasteiger partial charge in [0.05, 0.1) is 13.2 Å². The first-order chi connectivity index (χ1) is 29.7. The highest BCUT2D eigenvalue weighted by Gasteiger charge is 2.44. The number of nitrogens with zero attached hydrogens (tertiary/aromatic N) is 1. The van der Waals surface area contributed by atoms with Crippen LogP contribution in [0.4, 0.5) is 9.59 Å². The molecular formula is C39H51N5O17S2+2. The molecule has 2 amide bonds. The minimum Gasteiger partial charge on any atom is -0.460 e. The van der Waals surface area contributed by atoms with Gasteiger partial charge >= 0.3 is 30.2 Å². The number of esters is 2. The zero-order valence-electron chi connectivity index (χ0n) is 34.7. The van der Waals surface area contributed by atoms with Crippen molar-refractivity contribution in [1.82, 2.24) is 5.06 Å². The molecule has 0 aromatic heterocycles. The minimum atomic E-state index is -2.12. The molecule has 3 atom stereocenters. The van der Waals surface area contributed by atoms with Gasteiger partial charge in [-0.3, -0.25) is 46.4 Å². The van der Waals surface area contributed by atoms with Crippen LogP contribution in [0, 0.1) is 16.2 Å². The summed E-state index contributed by atoms with van der Waals surface area (Å²) >= 11 is 2.50. The molecule has 10 N–H and O–H groups in total. The number of ether oxygens (including phenoxy) is 5. The number of aliphatic hydroxyl groups excluding tert-OH is 2. The number of hydroxylamine groups is 2. The van der Waals surface area contributed by atoms with Gasteiger partial charge in [-0.05, 0) is 66.5 Å². The molecule has 344 valence electrons. The topological polar surface area (TPSA) is 340 Å². The lowest BCUT2D eigenvalue weighted by Gasteiger charge is -2.27. The number of thioether (sulfide) groups is 2. The Kier molecular flexibility index (Phi) is 19.6. The quantitative estimate of drug-likeness (QED) is 0.0147. The van der Waals surface area contributed by atoms with Crippen molar-refractivity contribution in [3.63, 3.8) is 0 Å². The molecule has 0 aliphatic carbocycles. The first-order valence-corrected chi connectivity index (χ1v) is 20.8. The molecule has 24 heteroatoms. The monoisotopic (exact) mass is 925 g/mol. The number of amides is 2. The summed E-state index contributed by atoms with van der Waals surface area (Å²) in [6.07, 6.45) is -3.46. The number of aliphatic hydroxyl groups is 2. The second-order valence-electron chi connectivity index (χ2n) is 14.8. The van der Waals surface area contributed by atoms with Crippen LogP contribution in [0.1, 0.15) is 55.9 Å². The Morgan fingerprint density at radius 2 is 0.984 bits per heavy atom. The summed E-state index contributed by atoms with van der Waals surface area (Å²) in [5, 5.41) is 31.5. The van der Waals surface area contributed by atoms with Crippen LogP contribution >= 0.6 is 23.5 Å². The van der Waals surface area contributed by atoms with Crippen molar-refractivity contribution in [1.29, 1.82) is 0 Å². The van der Waals surface area contributed by atoms with Crippen LogP contribution in [0.3, 0.4) is 0 Å². The Labute approximate surface area is 369 Å². The highest BCUT2D eigenvalue weighted by atomic mass is 32.2. The van der Waals surface area contributed by atoms with E-state index in [2.05, 4.69) is 4.89 Å². The smallest absolute Gasteiger partial charge is 0.460 e. The molecule has 3 rings (SSSR count). The van der Waals surface area contributed by atoms with Gasteiger partial charge in [0.2, 0.25) is 0 Å². The van der Waals surface area contributed by atoms with Crippen molar-refractivity contribution in [3.8, 4) is 0 Å². The van der Waals surface area contributed by atoms with E-state index in [1.54, 1.807) is 48.5 Å². The molecule has 22 nitrogen and oxygen atoms in total. The highest BCUT2D eigenvalue weighted by Crippen LogP contribution is 2.26. The van der Waals surface area contributed by atoms with Crippen LogP contribution < -0.4 is 22.3 Å². The molecule has 0 saturated carbocycles. The number of imide groups is 1. The molecule has 0 radical (unpaired) electrons. The average molecular weight is 926 g/mol. The van der Waals surface area contributed by atoms with Crippen LogP contribution in [-0.2, 0) is 87.0 Å². The summed E-state index contributed by atoms with van der Waals surface area (Å²) in [4.78, 5) is 103. The van der Waals surface area contributed by atoms with Gasteiger partial charge < -0.3 is 38.7 Å². The summed E-state index contributed by atoms with van der Waals surface area (Å²) in [5.41, 5.74) is 8.38. The summed E-state index contributed by atoms with van der Waals surface area (Å²) in [5.74, 6) is -3.79. The molecule has 63 heavy (non-hydrogen) atoms. The van der Waals surface area contributed by atoms with E-state index in [-0.39, 0.29) is 41.5 Å². The minimum absolute atomic E-state index is 0.172. The van der Waals surface area contributed by atoms with E-state index in [0.29, 0.717) is 22.6 Å². The third kappa shape index (κ3) is 16.4. The highest BCUT2D eigenvalue weighted by molar-refractivity contribution is 8.13. The van der Waals surface area contributed by atoms with E-state index in [0.717, 1.165) is 18.1 Å². The third-order valence-electron chi connectivity index (χ3n) is 8.98. The third-order valence-corrected chi connectivity index (χ3v) is 10.6. The molecule has 0 bridgehead atoms. The lowest BCUT2D eigenvalue weighted by molar-refractivity contribution is -0.277. The van der Waals surface area contributed by atoms with Gasteiger partial charge in [0.1, 0.15) is 55.9 Å². The number of hydrogen-bond donors (Lipinski definition) is 6. The zero-order chi connectivity index (χ0) is 46.8. The Bertz CT molecular complexity index is 1970. The van der Waals surface area contributed by atoms with Crippen molar-refractivity contribution in [3.05, 3.63) is 70.8 Å². The fourth-order valence-electron chi connectivity index (χ4n) is 4.72. The van der Waals surface area contributed by atoms with E-state index in [1.807, 2.05) is 0 Å². The van der Waals surface area contributed by atoms with Crippen molar-refractivity contribution in [2.75, 3.05) is 39.6 Å². The number of benzene rings is 2. The van der Waals surface area contributed by atoms with Crippen molar-refractivity contribution in [2.24, 2.45) is 27.7 Å². The Morgan fingerprint density at radius 3 is 1.38 bits per heavy atom. The standard InChI is InChI=1S/C39H49N5O17S2/c1-37(18-45,30(49)54-14-24-4-8-26(9-5-24)16-62-33(40)41)20-56-35(52)57-22-39(3,32(51)60-44-28(47)12-13-29(44)48)23-59-61-36(53)58-21-38(2,19-46)31(50)55-15-25-6-10-27(11-7-25)17-63-34(42)43/h4-11,45-46H,12-23H2,1-3H3,(H3,40,41)(H3,42,43)/p+2. The number of nitrogens with two attached hydrogens (primary N) is 4. The molecule has 2 aromatic rings. The maximum atomic E-state index is 13.3. The fourth-order valence-corrected chi connectivity index (χ4v) is 5.77. The number of hydrogen-bond acceptors (Lipinski definition) is 19. The maximum Gasteiger partial charge on any atom is 0.540 e. The predicted molar refractivity (Wildman–Crippen MR) is 219 cm³/mol. The summed E-state index contributed by atoms with van der Waals surface area (Å²) < 4.78 is 25.7. The molecule has 2 aromatic carbocycles. The van der Waals surface area contributed by atoms with Gasteiger partial charge in [-0.15, -0.1) is 5.06 Å². The van der Waals surface area contributed by atoms with Crippen LogP contribution in [0.15, 0.2) is 48.5 Å². The Hall–Kier alpha value is -5.95. The van der Waals surface area contributed by atoms with Gasteiger partial charge in [0.15, 0.2) is 0 Å². The lowest BCUT2D eigenvalue weighted by Crippen LogP contribution is -2.45. The van der Waals surface area contributed by atoms with Gasteiger partial charge in [0, 0.05) is 24.3 Å². The average Bonchev–Trinajstić information content (AvgIpc) is 3.58. The van der Waals surface area contributed by atoms with E-state index in [4.69, 9.17) is 55.7 Å². The second kappa shape index (κ2) is 24.0. The Morgan fingerprint density at radius 1 is 0.603 bits per heavy atom. The number of amidine groups is 2. The van der Waals surface area contributed by atoms with Crippen molar-refractivity contribution < 1.29 is 92.9 Å². The molecule has 0 spiro atoms. The number of carbonyl (C=O) groups is 7. The molecule has 1 aliphatic heterocycles. The fraction of sp³-hybridized carbons (Fsp3) is 0.462. The first kappa shape index (κ1) is 51.4. The molecule has 1 saturated heterocycles. The van der Waals surface area contributed by atoms with Gasteiger partial charge in [-0.25, -0.2) is 14.4 Å². The number of carbonyl (C=O) groups excluding carboxylic acids is 7. The largest absolute Gasteiger partial charge is 0.540 e.